The van der Waals surface area contributed by atoms with Crippen molar-refractivity contribution < 1.29 is 14.3 Å². The third-order valence-electron chi connectivity index (χ3n) is 1.43. The highest BCUT2D eigenvalue weighted by atomic mass is 16.5. The van der Waals surface area contributed by atoms with Crippen LogP contribution in [-0.4, -0.2) is 28.0 Å². The van der Waals surface area contributed by atoms with Gasteiger partial charge in [-0.15, -0.1) is 0 Å². The van der Waals surface area contributed by atoms with Crippen molar-refractivity contribution in [2.45, 2.75) is 13.3 Å². The summed E-state index contributed by atoms with van der Waals surface area (Å²) in [5, 5.41) is 0. The first kappa shape index (κ1) is 11.1. The smallest absolute Gasteiger partial charge is 0.319 e. The maximum absolute atomic E-state index is 9.96. The van der Waals surface area contributed by atoms with Crippen LogP contribution < -0.4 is 4.74 Å². The zero-order chi connectivity index (χ0) is 11.1. The predicted octanol–water partition coefficient (Wildman–Crippen LogP) is 0.636. The first-order chi connectivity index (χ1) is 7.22. The number of carbonyl (C=O) groups is 1. The molecule has 80 valence electrons. The number of hydrogen-bond acceptors (Lipinski definition) is 6. The molecule has 1 aliphatic heterocycles. The molecule has 0 bridgehead atoms. The first-order valence-electron chi connectivity index (χ1n) is 4.26. The molecule has 15 heavy (non-hydrogen) atoms. The number of rotatable bonds is 1. The second-order valence-electron chi connectivity index (χ2n) is 2.59. The Balaban J connectivity index is 0.000000162. The summed E-state index contributed by atoms with van der Waals surface area (Å²) in [7, 11) is 1.52. The van der Waals surface area contributed by atoms with Crippen molar-refractivity contribution in [2.75, 3.05) is 7.11 Å². The van der Waals surface area contributed by atoms with Crippen molar-refractivity contribution in [1.29, 1.82) is 0 Å². The van der Waals surface area contributed by atoms with Crippen LogP contribution in [0.2, 0.25) is 0 Å². The number of cyclic esters (lactones) is 1. The monoisotopic (exact) mass is 209 g/mol. The fraction of sp³-hybridized carbons (Fsp3) is 0.333. The molecular formula is C9H11N3O3. The maximum Gasteiger partial charge on any atom is 0.319 e. The number of nitrogens with zero attached hydrogens (tertiary/aromatic N) is 3. The Hall–Kier alpha value is -1.98. The van der Waals surface area contributed by atoms with Gasteiger partial charge >= 0.3 is 12.0 Å². The number of ether oxygens (including phenoxy) is 2. The highest BCUT2D eigenvalue weighted by Crippen LogP contribution is 1.96. The number of aryl methyl sites for hydroxylation is 1. The normalized spacial score (nSPS) is 12.8. The Morgan fingerprint density at radius 3 is 2.60 bits per heavy atom. The summed E-state index contributed by atoms with van der Waals surface area (Å²) in [5.41, 5.74) is 0. The lowest BCUT2D eigenvalue weighted by Crippen LogP contribution is -1.94. The van der Waals surface area contributed by atoms with Crippen LogP contribution in [0.4, 0.5) is 0 Å². The maximum atomic E-state index is 9.96. The molecule has 6 heteroatoms. The van der Waals surface area contributed by atoms with E-state index >= 15 is 0 Å². The Morgan fingerprint density at radius 2 is 2.27 bits per heavy atom. The van der Waals surface area contributed by atoms with Gasteiger partial charge in [-0.2, -0.15) is 9.97 Å². The van der Waals surface area contributed by atoms with Crippen LogP contribution in [0.1, 0.15) is 12.2 Å². The Kier molecular flexibility index (Phi) is 4.21. The number of methoxy groups -OCH3 is 1. The topological polar surface area (TPSA) is 74.2 Å². The van der Waals surface area contributed by atoms with Crippen LogP contribution in [-0.2, 0) is 9.53 Å². The number of esters is 1. The lowest BCUT2D eigenvalue weighted by molar-refractivity contribution is -0.135. The molecule has 6 nitrogen and oxygen atoms in total. The van der Waals surface area contributed by atoms with Gasteiger partial charge in [-0.3, -0.25) is 4.79 Å². The van der Waals surface area contributed by atoms with Crippen LogP contribution >= 0.6 is 0 Å². The van der Waals surface area contributed by atoms with E-state index in [-0.39, 0.29) is 5.97 Å². The third-order valence-corrected chi connectivity index (χ3v) is 1.43. The van der Waals surface area contributed by atoms with Crippen LogP contribution in [0.25, 0.3) is 0 Å². The van der Waals surface area contributed by atoms with Gasteiger partial charge < -0.3 is 9.47 Å². The molecular weight excluding hydrogens is 198 g/mol. The van der Waals surface area contributed by atoms with Gasteiger partial charge in [0, 0.05) is 0 Å². The highest BCUT2D eigenvalue weighted by Gasteiger charge is 2.00. The van der Waals surface area contributed by atoms with E-state index in [1.54, 1.807) is 13.0 Å². The fourth-order valence-electron chi connectivity index (χ4n) is 0.773. The molecule has 0 saturated heterocycles. The molecule has 0 N–H and O–H groups in total. The molecule has 0 spiro atoms. The van der Waals surface area contributed by atoms with E-state index in [9.17, 15) is 4.79 Å². The van der Waals surface area contributed by atoms with Crippen molar-refractivity contribution in [3.05, 3.63) is 24.5 Å². The number of carbonyl (C=O) groups excluding carboxylic acids is 1. The van der Waals surface area contributed by atoms with Crippen molar-refractivity contribution in [2.24, 2.45) is 0 Å². The molecule has 0 saturated carbocycles. The van der Waals surface area contributed by atoms with E-state index in [1.807, 2.05) is 0 Å². The molecule has 0 amide bonds. The van der Waals surface area contributed by atoms with Crippen molar-refractivity contribution in [1.82, 2.24) is 15.0 Å². The molecule has 2 heterocycles. The molecule has 0 fully saturated rings. The summed E-state index contributed by atoms with van der Waals surface area (Å²) in [6.07, 6.45) is 4.95. The Labute approximate surface area is 87.0 Å². The van der Waals surface area contributed by atoms with Gasteiger partial charge in [0.05, 0.1) is 19.8 Å². The largest absolute Gasteiger partial charge is 0.467 e. The van der Waals surface area contributed by atoms with Gasteiger partial charge in [0.15, 0.2) is 0 Å². The van der Waals surface area contributed by atoms with Crippen LogP contribution in [0.3, 0.4) is 0 Å². The Bertz CT molecular complexity index is 355. The lowest BCUT2D eigenvalue weighted by atomic mass is 10.5. The molecule has 0 aromatic carbocycles. The number of hydrogen-bond donors (Lipinski definition) is 0. The van der Waals surface area contributed by atoms with Crippen LogP contribution in [0.5, 0.6) is 6.01 Å². The summed E-state index contributed by atoms with van der Waals surface area (Å²) in [6, 6.07) is 0.363. The second kappa shape index (κ2) is 5.69. The zero-order valence-electron chi connectivity index (χ0n) is 8.51. The van der Waals surface area contributed by atoms with E-state index in [0.717, 1.165) is 0 Å². The minimum absolute atomic E-state index is 0.157. The van der Waals surface area contributed by atoms with Crippen molar-refractivity contribution in [3.63, 3.8) is 0 Å². The average Bonchev–Trinajstić information content (AvgIpc) is 2.70. The van der Waals surface area contributed by atoms with Gasteiger partial charge in [-0.1, -0.05) is 0 Å². The summed E-state index contributed by atoms with van der Waals surface area (Å²) in [6.45, 7) is 1.78. The van der Waals surface area contributed by atoms with Crippen molar-refractivity contribution in [3.8, 4) is 6.01 Å². The molecule has 1 aromatic rings. The molecule has 0 unspecified atom stereocenters. The highest BCUT2D eigenvalue weighted by molar-refractivity contribution is 5.73. The fourth-order valence-corrected chi connectivity index (χ4v) is 0.773. The third kappa shape index (κ3) is 4.17. The molecule has 2 rings (SSSR count). The van der Waals surface area contributed by atoms with Crippen molar-refractivity contribution >= 4 is 5.97 Å². The second-order valence-corrected chi connectivity index (χ2v) is 2.59. The average molecular weight is 209 g/mol. The molecule has 1 aliphatic rings. The van der Waals surface area contributed by atoms with Gasteiger partial charge in [-0.25, -0.2) is 4.98 Å². The molecule has 0 aliphatic carbocycles. The van der Waals surface area contributed by atoms with E-state index in [0.29, 0.717) is 18.3 Å². The quantitative estimate of drug-likeness (QED) is 0.632. The zero-order valence-corrected chi connectivity index (χ0v) is 8.51. The van der Waals surface area contributed by atoms with E-state index in [2.05, 4.69) is 19.7 Å². The molecule has 0 radical (unpaired) electrons. The van der Waals surface area contributed by atoms with E-state index in [1.165, 1.54) is 19.7 Å². The number of aromatic nitrogens is 3. The molecule has 1 aromatic heterocycles. The Morgan fingerprint density at radius 1 is 1.47 bits per heavy atom. The SMILES string of the molecule is COc1ncnc(C)n1.O=C1CC=CO1. The predicted molar refractivity (Wildman–Crippen MR) is 51.0 cm³/mol. The van der Waals surface area contributed by atoms with Crippen LogP contribution in [0, 0.1) is 6.92 Å². The first-order valence-corrected chi connectivity index (χ1v) is 4.26. The summed E-state index contributed by atoms with van der Waals surface area (Å²) in [4.78, 5) is 21.3. The van der Waals surface area contributed by atoms with E-state index in [4.69, 9.17) is 4.74 Å². The summed E-state index contributed by atoms with van der Waals surface area (Å²) >= 11 is 0. The van der Waals surface area contributed by atoms with E-state index < -0.39 is 0 Å². The summed E-state index contributed by atoms with van der Waals surface area (Å²) in [5.74, 6) is 0.511. The van der Waals surface area contributed by atoms with Gasteiger partial charge in [0.2, 0.25) is 0 Å². The lowest BCUT2D eigenvalue weighted by Gasteiger charge is -1.94. The van der Waals surface area contributed by atoms with Crippen LogP contribution in [0.15, 0.2) is 18.7 Å². The minimum Gasteiger partial charge on any atom is -0.467 e. The minimum atomic E-state index is -0.157. The standard InChI is InChI=1S/C5H7N3O.C4H4O2/c1-4-6-3-7-5(8-4)9-2;5-4-2-1-3-6-4/h3H,1-2H3;1,3H,2H2. The molecule has 0 atom stereocenters. The van der Waals surface area contributed by atoms with Gasteiger partial charge in [0.25, 0.3) is 0 Å². The van der Waals surface area contributed by atoms with Gasteiger partial charge in [0.1, 0.15) is 12.2 Å². The summed E-state index contributed by atoms with van der Waals surface area (Å²) < 4.78 is 9.07. The van der Waals surface area contributed by atoms with Gasteiger partial charge in [-0.05, 0) is 13.0 Å².